The summed E-state index contributed by atoms with van der Waals surface area (Å²) < 4.78 is 0. The van der Waals surface area contributed by atoms with Gasteiger partial charge in [0.15, 0.2) is 0 Å². The van der Waals surface area contributed by atoms with E-state index in [1.54, 1.807) is 0 Å². The zero-order chi connectivity index (χ0) is 20.0. The summed E-state index contributed by atoms with van der Waals surface area (Å²) in [6, 6.07) is 0. The van der Waals surface area contributed by atoms with Gasteiger partial charge < -0.3 is 0 Å². The van der Waals surface area contributed by atoms with E-state index in [1.165, 1.54) is 70.6 Å². The van der Waals surface area contributed by atoms with E-state index in [0.29, 0.717) is 58.9 Å². The van der Waals surface area contributed by atoms with Crippen LogP contribution in [0.3, 0.4) is 0 Å². The van der Waals surface area contributed by atoms with Gasteiger partial charge in [0.2, 0.25) is 0 Å². The van der Waals surface area contributed by atoms with Crippen LogP contribution in [0.4, 0.5) is 0 Å². The summed E-state index contributed by atoms with van der Waals surface area (Å²) in [5, 5.41) is 0. The first-order valence-corrected chi connectivity index (χ1v) is 13.8. The molecule has 0 radical (unpaired) electrons. The maximum absolute atomic E-state index is 13.8. The third-order valence-electron chi connectivity index (χ3n) is 12.1. The number of ketones is 2. The molecule has 12 unspecified atom stereocenters. The van der Waals surface area contributed by atoms with E-state index in [2.05, 4.69) is 0 Å². The molecular formula is C28H40O2. The predicted molar refractivity (Wildman–Crippen MR) is 117 cm³/mol. The highest BCUT2D eigenvalue weighted by Gasteiger charge is 2.62. The van der Waals surface area contributed by atoms with Gasteiger partial charge in [-0.1, -0.05) is 32.1 Å². The normalized spacial score (nSPS) is 56.9. The summed E-state index contributed by atoms with van der Waals surface area (Å²) in [5.41, 5.74) is 0. The van der Waals surface area contributed by atoms with E-state index in [0.717, 1.165) is 42.9 Å². The maximum Gasteiger partial charge on any atom is 0.139 e. The molecule has 0 N–H and O–H groups in total. The molecule has 0 bridgehead atoms. The highest BCUT2D eigenvalue weighted by Crippen LogP contribution is 2.64. The molecule has 0 aromatic heterocycles. The monoisotopic (exact) mass is 408 g/mol. The van der Waals surface area contributed by atoms with Gasteiger partial charge in [0.1, 0.15) is 11.6 Å². The molecule has 2 nitrogen and oxygen atoms in total. The number of hydrogen-bond donors (Lipinski definition) is 0. The Morgan fingerprint density at radius 3 is 1.73 bits per heavy atom. The van der Waals surface area contributed by atoms with E-state index in [4.69, 9.17) is 0 Å². The second-order valence-corrected chi connectivity index (χ2v) is 12.8. The van der Waals surface area contributed by atoms with Gasteiger partial charge in [-0.2, -0.15) is 0 Å². The molecular weight excluding hydrogens is 368 g/mol. The van der Waals surface area contributed by atoms with Crippen molar-refractivity contribution in [1.82, 2.24) is 0 Å². The maximum atomic E-state index is 13.8. The minimum absolute atomic E-state index is 0.331. The van der Waals surface area contributed by atoms with Crippen molar-refractivity contribution in [3.63, 3.8) is 0 Å². The van der Waals surface area contributed by atoms with Gasteiger partial charge >= 0.3 is 0 Å². The van der Waals surface area contributed by atoms with Crippen LogP contribution in [0.1, 0.15) is 89.9 Å². The zero-order valence-corrected chi connectivity index (χ0v) is 18.6. The largest absolute Gasteiger partial charge is 0.299 e. The number of rotatable bonds is 0. The second kappa shape index (κ2) is 6.92. The molecule has 164 valence electrons. The minimum Gasteiger partial charge on any atom is -0.299 e. The molecule has 30 heavy (non-hydrogen) atoms. The van der Waals surface area contributed by atoms with Crippen LogP contribution < -0.4 is 0 Å². The Bertz CT molecular complexity index is 741. The zero-order valence-electron chi connectivity index (χ0n) is 18.6. The van der Waals surface area contributed by atoms with E-state index in [9.17, 15) is 9.59 Å². The van der Waals surface area contributed by atoms with Crippen molar-refractivity contribution in [3.05, 3.63) is 0 Å². The summed E-state index contributed by atoms with van der Waals surface area (Å²) >= 11 is 0. The third kappa shape index (κ3) is 2.54. The number of Topliss-reactive ketones (excluding diaryl/α,β-unsaturated/α-hetero) is 2. The number of hydrogen-bond acceptors (Lipinski definition) is 2. The van der Waals surface area contributed by atoms with Gasteiger partial charge in [0, 0.05) is 23.7 Å². The lowest BCUT2D eigenvalue weighted by atomic mass is 9.54. The highest BCUT2D eigenvalue weighted by atomic mass is 16.1. The van der Waals surface area contributed by atoms with E-state index in [-0.39, 0.29) is 0 Å². The van der Waals surface area contributed by atoms with Crippen molar-refractivity contribution in [2.24, 2.45) is 71.0 Å². The summed E-state index contributed by atoms with van der Waals surface area (Å²) in [7, 11) is 0. The molecule has 7 aliphatic rings. The fourth-order valence-corrected chi connectivity index (χ4v) is 11.0. The van der Waals surface area contributed by atoms with Crippen molar-refractivity contribution in [3.8, 4) is 0 Å². The highest BCUT2D eigenvalue weighted by molar-refractivity contribution is 5.90. The first kappa shape index (κ1) is 18.9. The lowest BCUT2D eigenvalue weighted by molar-refractivity contribution is -0.129. The quantitative estimate of drug-likeness (QED) is 0.487. The Balaban J connectivity index is 1.15. The van der Waals surface area contributed by atoms with Crippen LogP contribution in [0, 0.1) is 71.0 Å². The van der Waals surface area contributed by atoms with Crippen LogP contribution in [0.2, 0.25) is 0 Å². The minimum atomic E-state index is 0.331. The Labute approximate surface area is 182 Å². The average Bonchev–Trinajstić information content (AvgIpc) is 3.23. The van der Waals surface area contributed by atoms with Gasteiger partial charge in [0.05, 0.1) is 0 Å². The Morgan fingerprint density at radius 2 is 0.933 bits per heavy atom. The van der Waals surface area contributed by atoms with Crippen molar-refractivity contribution < 1.29 is 9.59 Å². The van der Waals surface area contributed by atoms with Crippen LogP contribution in [-0.2, 0) is 9.59 Å². The molecule has 7 aliphatic carbocycles. The Morgan fingerprint density at radius 1 is 0.400 bits per heavy atom. The summed E-state index contributed by atoms with van der Waals surface area (Å²) in [5.74, 6) is 8.81. The van der Waals surface area contributed by atoms with E-state index >= 15 is 0 Å². The molecule has 2 heteroatoms. The fraction of sp³-hybridized carbons (Fsp3) is 0.929. The van der Waals surface area contributed by atoms with Crippen LogP contribution >= 0.6 is 0 Å². The molecule has 7 saturated carbocycles. The molecule has 0 spiro atoms. The van der Waals surface area contributed by atoms with Crippen LogP contribution in [-0.4, -0.2) is 11.6 Å². The van der Waals surface area contributed by atoms with Crippen LogP contribution in [0.15, 0.2) is 0 Å². The average molecular weight is 409 g/mol. The second-order valence-electron chi connectivity index (χ2n) is 12.8. The molecule has 7 fully saturated rings. The molecule has 0 amide bonds. The standard InChI is InChI=1S/C28H40O2/c29-27-19-8-4-3-7-18(19)22-13-26-23(14-25(22)27)21-11-16-10-9-15-5-1-2-6-17(15)20(16)12-24(21)28(26)30/h15-26H,1-14H2. The lowest BCUT2D eigenvalue weighted by Crippen LogP contribution is -2.43. The molecule has 0 aromatic rings. The smallest absolute Gasteiger partial charge is 0.139 e. The lowest BCUT2D eigenvalue weighted by Gasteiger charge is -2.51. The molecule has 0 aliphatic heterocycles. The van der Waals surface area contributed by atoms with E-state index < -0.39 is 0 Å². The number of carbonyl (C=O) groups is 2. The van der Waals surface area contributed by atoms with Gasteiger partial charge in [0.25, 0.3) is 0 Å². The Hall–Kier alpha value is -0.660. The van der Waals surface area contributed by atoms with Gasteiger partial charge in [-0.25, -0.2) is 0 Å². The van der Waals surface area contributed by atoms with Gasteiger partial charge in [-0.3, -0.25) is 9.59 Å². The van der Waals surface area contributed by atoms with Crippen LogP contribution in [0.5, 0.6) is 0 Å². The van der Waals surface area contributed by atoms with Gasteiger partial charge in [-0.15, -0.1) is 0 Å². The van der Waals surface area contributed by atoms with Gasteiger partial charge in [-0.05, 0) is 105 Å². The molecule has 12 atom stereocenters. The first-order chi connectivity index (χ1) is 14.7. The topological polar surface area (TPSA) is 34.1 Å². The Kier molecular flexibility index (Phi) is 4.35. The fourth-order valence-electron chi connectivity index (χ4n) is 11.0. The molecule has 0 aromatic carbocycles. The number of fused-ring (bicyclic) bond motifs is 9. The summed E-state index contributed by atoms with van der Waals surface area (Å²) in [4.78, 5) is 27.1. The van der Waals surface area contributed by atoms with Crippen molar-refractivity contribution >= 4 is 11.6 Å². The van der Waals surface area contributed by atoms with E-state index in [1.807, 2.05) is 0 Å². The third-order valence-corrected chi connectivity index (χ3v) is 12.1. The summed E-state index contributed by atoms with van der Waals surface area (Å²) in [6.07, 6.45) is 18.5. The first-order valence-electron chi connectivity index (χ1n) is 13.8. The van der Waals surface area contributed by atoms with Crippen molar-refractivity contribution in [1.29, 1.82) is 0 Å². The van der Waals surface area contributed by atoms with Crippen molar-refractivity contribution in [2.75, 3.05) is 0 Å². The molecule has 0 saturated heterocycles. The van der Waals surface area contributed by atoms with Crippen LogP contribution in [0.25, 0.3) is 0 Å². The van der Waals surface area contributed by atoms with Crippen molar-refractivity contribution in [2.45, 2.75) is 89.9 Å². The molecule has 7 rings (SSSR count). The molecule has 0 heterocycles. The summed E-state index contributed by atoms with van der Waals surface area (Å²) in [6.45, 7) is 0. The number of carbonyl (C=O) groups excluding carboxylic acids is 2. The SMILES string of the molecule is O=C1C2CCCCC2C2CC3C(=O)C4CC5C(CCC6CCCCC65)CC4C3CC12. The predicted octanol–water partition coefficient (Wildman–Crippen LogP) is 6.08.